The third-order valence-electron chi connectivity index (χ3n) is 3.64. The monoisotopic (exact) mass is 491 g/mol. The molecule has 1 aliphatic heterocycles. The number of carbonyl (C=O) groups is 1. The number of nitrogens with zero attached hydrogens (tertiary/aromatic N) is 3. The minimum Gasteiger partial charge on any atom is -0.481 e. The highest BCUT2D eigenvalue weighted by atomic mass is 127. The molecule has 1 amide bonds. The van der Waals surface area contributed by atoms with E-state index in [0.717, 1.165) is 18.1 Å². The second-order valence-corrected chi connectivity index (χ2v) is 7.13. The van der Waals surface area contributed by atoms with E-state index < -0.39 is 5.60 Å². The number of hydrogen-bond acceptors (Lipinski definition) is 5. The maximum Gasteiger partial charge on any atom is 0.410 e. The third-order valence-corrected chi connectivity index (χ3v) is 3.64. The molecule has 1 aromatic rings. The summed E-state index contributed by atoms with van der Waals surface area (Å²) in [6.45, 7) is 10.1. The van der Waals surface area contributed by atoms with Crippen molar-refractivity contribution < 1.29 is 14.3 Å². The minimum absolute atomic E-state index is 0. The Morgan fingerprint density at radius 1 is 1.37 bits per heavy atom. The molecular weight excluding hydrogens is 461 g/mol. The Bertz CT molecular complexity index is 625. The van der Waals surface area contributed by atoms with Crippen LogP contribution in [0.4, 0.5) is 4.79 Å². The number of methoxy groups -OCH3 is 1. The number of carbonyl (C=O) groups excluding carboxylic acids is 1. The fourth-order valence-corrected chi connectivity index (χ4v) is 2.35. The van der Waals surface area contributed by atoms with Gasteiger partial charge in [-0.25, -0.2) is 14.8 Å². The standard InChI is InChI=1S/C18H29N5O3.HI/c1-6-19-16(21-10-13-7-8-15(25-5)20-9-13)22-14-11-23(12-14)17(24)26-18(2,3)4;/h7-9,14H,6,10-12H2,1-5H3,(H2,19,21,22);1H. The zero-order valence-corrected chi connectivity index (χ0v) is 18.9. The minimum atomic E-state index is -0.474. The van der Waals surface area contributed by atoms with Gasteiger partial charge in [-0.1, -0.05) is 6.07 Å². The van der Waals surface area contributed by atoms with Crippen LogP contribution in [0.2, 0.25) is 0 Å². The SMILES string of the molecule is CCNC(=NCc1ccc(OC)nc1)NC1CN(C(=O)OC(C)(C)C)C1.I. The van der Waals surface area contributed by atoms with E-state index >= 15 is 0 Å². The molecule has 0 atom stereocenters. The van der Waals surface area contributed by atoms with E-state index in [1.54, 1.807) is 18.2 Å². The molecule has 1 aromatic heterocycles. The third kappa shape index (κ3) is 7.77. The van der Waals surface area contributed by atoms with Crippen molar-refractivity contribution in [3.63, 3.8) is 0 Å². The molecule has 8 nitrogen and oxygen atoms in total. The molecular formula is C18H30IN5O3. The van der Waals surface area contributed by atoms with Gasteiger partial charge in [-0.15, -0.1) is 24.0 Å². The Kier molecular flexibility index (Phi) is 9.07. The first-order chi connectivity index (χ1) is 12.3. The number of guanidine groups is 1. The van der Waals surface area contributed by atoms with Crippen LogP contribution in [0.25, 0.3) is 0 Å². The van der Waals surface area contributed by atoms with E-state index in [1.807, 2.05) is 39.8 Å². The van der Waals surface area contributed by atoms with Crippen LogP contribution in [-0.2, 0) is 11.3 Å². The first-order valence-corrected chi connectivity index (χ1v) is 8.82. The van der Waals surface area contributed by atoms with Gasteiger partial charge in [0.1, 0.15) is 5.60 Å². The van der Waals surface area contributed by atoms with Crippen molar-refractivity contribution in [2.45, 2.75) is 45.9 Å². The highest BCUT2D eigenvalue weighted by Crippen LogP contribution is 2.15. The van der Waals surface area contributed by atoms with Gasteiger partial charge < -0.3 is 25.0 Å². The molecule has 9 heteroatoms. The molecule has 2 N–H and O–H groups in total. The molecule has 0 saturated carbocycles. The summed E-state index contributed by atoms with van der Waals surface area (Å²) < 4.78 is 10.4. The van der Waals surface area contributed by atoms with Crippen LogP contribution in [0.3, 0.4) is 0 Å². The first-order valence-electron chi connectivity index (χ1n) is 8.82. The fraction of sp³-hybridized carbons (Fsp3) is 0.611. The first kappa shape index (κ1) is 23.3. The Morgan fingerprint density at radius 2 is 2.07 bits per heavy atom. The largest absolute Gasteiger partial charge is 0.481 e. The van der Waals surface area contributed by atoms with Gasteiger partial charge in [0.15, 0.2) is 5.96 Å². The van der Waals surface area contributed by atoms with E-state index in [0.29, 0.717) is 25.5 Å². The summed E-state index contributed by atoms with van der Waals surface area (Å²) >= 11 is 0. The highest BCUT2D eigenvalue weighted by Gasteiger charge is 2.34. The molecule has 27 heavy (non-hydrogen) atoms. The summed E-state index contributed by atoms with van der Waals surface area (Å²) in [5, 5.41) is 6.56. The second kappa shape index (κ2) is 10.5. The molecule has 0 aliphatic carbocycles. The number of nitrogens with one attached hydrogen (secondary N) is 2. The Labute approximate surface area is 178 Å². The summed E-state index contributed by atoms with van der Waals surface area (Å²) in [7, 11) is 1.59. The summed E-state index contributed by atoms with van der Waals surface area (Å²) in [6.07, 6.45) is 1.47. The number of aliphatic imine (C=N–C) groups is 1. The topological polar surface area (TPSA) is 88.1 Å². The molecule has 1 fully saturated rings. The number of halogens is 1. The number of amides is 1. The zero-order chi connectivity index (χ0) is 19.2. The molecule has 2 heterocycles. The quantitative estimate of drug-likeness (QED) is 0.374. The van der Waals surface area contributed by atoms with Crippen LogP contribution in [0.1, 0.15) is 33.3 Å². The maximum absolute atomic E-state index is 12.0. The van der Waals surface area contributed by atoms with Gasteiger partial charge in [0.25, 0.3) is 0 Å². The predicted octanol–water partition coefficient (Wildman–Crippen LogP) is 2.38. The number of aromatic nitrogens is 1. The molecule has 0 radical (unpaired) electrons. The van der Waals surface area contributed by atoms with E-state index in [1.165, 1.54) is 0 Å². The lowest BCUT2D eigenvalue weighted by molar-refractivity contribution is 0.00701. The Balaban J connectivity index is 0.00000364. The summed E-state index contributed by atoms with van der Waals surface area (Å²) in [6, 6.07) is 3.91. The Morgan fingerprint density at radius 3 is 2.59 bits per heavy atom. The van der Waals surface area contributed by atoms with Gasteiger partial charge in [0.05, 0.1) is 19.7 Å². The summed E-state index contributed by atoms with van der Waals surface area (Å²) in [4.78, 5) is 22.4. The van der Waals surface area contributed by atoms with Crippen molar-refractivity contribution in [1.82, 2.24) is 20.5 Å². The van der Waals surface area contributed by atoms with Crippen LogP contribution >= 0.6 is 24.0 Å². The lowest BCUT2D eigenvalue weighted by Gasteiger charge is -2.40. The predicted molar refractivity (Wildman–Crippen MR) is 116 cm³/mol. The van der Waals surface area contributed by atoms with Gasteiger partial charge in [-0.3, -0.25) is 0 Å². The highest BCUT2D eigenvalue weighted by molar-refractivity contribution is 14.0. The van der Waals surface area contributed by atoms with Gasteiger partial charge in [-0.05, 0) is 33.3 Å². The van der Waals surface area contributed by atoms with Crippen LogP contribution in [0.15, 0.2) is 23.3 Å². The molecule has 1 aliphatic rings. The van der Waals surface area contributed by atoms with Crippen molar-refractivity contribution >= 4 is 36.0 Å². The zero-order valence-electron chi connectivity index (χ0n) is 16.6. The van der Waals surface area contributed by atoms with E-state index in [4.69, 9.17) is 9.47 Å². The number of likely N-dealkylation sites (tertiary alicyclic amines) is 1. The van der Waals surface area contributed by atoms with Crippen molar-refractivity contribution in [2.75, 3.05) is 26.7 Å². The van der Waals surface area contributed by atoms with Gasteiger partial charge in [-0.2, -0.15) is 0 Å². The Hall–Kier alpha value is -1.78. The van der Waals surface area contributed by atoms with E-state index in [9.17, 15) is 4.79 Å². The lowest BCUT2D eigenvalue weighted by atomic mass is 10.1. The lowest BCUT2D eigenvalue weighted by Crippen LogP contribution is -2.63. The van der Waals surface area contributed by atoms with Gasteiger partial charge >= 0.3 is 6.09 Å². The maximum atomic E-state index is 12.0. The van der Waals surface area contributed by atoms with Crippen molar-refractivity contribution in [1.29, 1.82) is 0 Å². The average molecular weight is 491 g/mol. The van der Waals surface area contributed by atoms with Crippen molar-refractivity contribution in [2.24, 2.45) is 4.99 Å². The summed E-state index contributed by atoms with van der Waals surface area (Å²) in [5.41, 5.74) is 0.519. The number of ether oxygens (including phenoxy) is 2. The van der Waals surface area contributed by atoms with Crippen LogP contribution in [0, 0.1) is 0 Å². The fourth-order valence-electron chi connectivity index (χ4n) is 2.35. The molecule has 0 bridgehead atoms. The molecule has 0 aromatic carbocycles. The summed E-state index contributed by atoms with van der Waals surface area (Å²) in [5.74, 6) is 1.30. The normalized spacial score (nSPS) is 14.7. The molecule has 2 rings (SSSR count). The smallest absolute Gasteiger partial charge is 0.410 e. The average Bonchev–Trinajstić information content (AvgIpc) is 2.54. The molecule has 1 saturated heterocycles. The van der Waals surface area contributed by atoms with Crippen LogP contribution in [-0.4, -0.2) is 60.3 Å². The molecule has 0 unspecified atom stereocenters. The molecule has 0 spiro atoms. The number of pyridine rings is 1. The second-order valence-electron chi connectivity index (χ2n) is 7.13. The van der Waals surface area contributed by atoms with Crippen LogP contribution < -0.4 is 15.4 Å². The van der Waals surface area contributed by atoms with Crippen molar-refractivity contribution in [3.05, 3.63) is 23.9 Å². The van der Waals surface area contributed by atoms with Crippen LogP contribution in [0.5, 0.6) is 5.88 Å². The van der Waals surface area contributed by atoms with E-state index in [-0.39, 0.29) is 36.1 Å². The number of rotatable bonds is 5. The molecule has 152 valence electrons. The number of hydrogen-bond donors (Lipinski definition) is 2. The van der Waals surface area contributed by atoms with Gasteiger partial charge in [0, 0.05) is 31.9 Å². The van der Waals surface area contributed by atoms with Gasteiger partial charge in [0.2, 0.25) is 5.88 Å². The van der Waals surface area contributed by atoms with Crippen molar-refractivity contribution in [3.8, 4) is 5.88 Å². The van der Waals surface area contributed by atoms with E-state index in [2.05, 4.69) is 20.6 Å².